The van der Waals surface area contributed by atoms with Crippen LogP contribution in [0.15, 0.2) is 34.1 Å². The maximum atomic E-state index is 13.7. The van der Waals surface area contributed by atoms with Gasteiger partial charge in [0.25, 0.3) is 0 Å². The van der Waals surface area contributed by atoms with Crippen LogP contribution in [0.5, 0.6) is 0 Å². The average Bonchev–Trinajstić information content (AvgIpc) is 2.70. The minimum Gasteiger partial charge on any atom is -0.384 e. The van der Waals surface area contributed by atoms with Crippen LogP contribution >= 0.6 is 27.3 Å². The largest absolute Gasteiger partial charge is 0.384 e. The summed E-state index contributed by atoms with van der Waals surface area (Å²) in [5.41, 5.74) is 0.516. The van der Waals surface area contributed by atoms with Crippen LogP contribution in [0.1, 0.15) is 22.9 Å². The Bertz CT molecular complexity index is 563. The van der Waals surface area contributed by atoms with Crippen molar-refractivity contribution in [3.8, 4) is 0 Å². The molecular formula is C14H14BrFOS. The summed E-state index contributed by atoms with van der Waals surface area (Å²) in [7, 11) is 0. The topological polar surface area (TPSA) is 20.2 Å². The molecule has 1 N–H and O–H groups in total. The second-order valence-electron chi connectivity index (χ2n) is 4.62. The van der Waals surface area contributed by atoms with Gasteiger partial charge in [0, 0.05) is 15.8 Å². The highest BCUT2D eigenvalue weighted by atomic mass is 79.9. The molecule has 96 valence electrons. The van der Waals surface area contributed by atoms with Crippen molar-refractivity contribution in [3.63, 3.8) is 0 Å². The summed E-state index contributed by atoms with van der Waals surface area (Å²) in [6.07, 6.45) is 0.264. The van der Waals surface area contributed by atoms with Crippen LogP contribution in [0, 0.1) is 12.7 Å². The number of aliphatic hydroxyl groups is 1. The van der Waals surface area contributed by atoms with E-state index in [0.717, 1.165) is 14.9 Å². The number of halogens is 2. The molecule has 1 nitrogen and oxygen atoms in total. The molecule has 2 rings (SSSR count). The standard InChI is InChI=1S/C14H14BrFOS/c1-9-5-6-18-13(9)14(2,17)8-10-7-11(15)3-4-12(10)16/h3-7,17H,8H2,1-2H3. The van der Waals surface area contributed by atoms with Crippen LogP contribution in [0.2, 0.25) is 0 Å². The smallest absolute Gasteiger partial charge is 0.126 e. The van der Waals surface area contributed by atoms with Gasteiger partial charge in [-0.25, -0.2) is 4.39 Å². The fourth-order valence-electron chi connectivity index (χ4n) is 2.05. The SMILES string of the molecule is Cc1ccsc1C(C)(O)Cc1cc(Br)ccc1F. The zero-order valence-electron chi connectivity index (χ0n) is 10.2. The second kappa shape index (κ2) is 5.11. The van der Waals surface area contributed by atoms with E-state index in [1.54, 1.807) is 19.1 Å². The highest BCUT2D eigenvalue weighted by molar-refractivity contribution is 9.10. The second-order valence-corrected chi connectivity index (χ2v) is 6.45. The van der Waals surface area contributed by atoms with Crippen molar-refractivity contribution in [2.24, 2.45) is 0 Å². The van der Waals surface area contributed by atoms with E-state index in [4.69, 9.17) is 0 Å². The molecule has 0 saturated carbocycles. The van der Waals surface area contributed by atoms with E-state index in [1.165, 1.54) is 17.4 Å². The van der Waals surface area contributed by atoms with Crippen LogP contribution in [0.4, 0.5) is 4.39 Å². The Labute approximate surface area is 118 Å². The molecule has 1 atom stereocenters. The lowest BCUT2D eigenvalue weighted by Gasteiger charge is -2.23. The Hall–Kier alpha value is -0.710. The number of thiophene rings is 1. The molecule has 1 heterocycles. The van der Waals surface area contributed by atoms with Crippen molar-refractivity contribution in [2.45, 2.75) is 25.9 Å². The zero-order valence-corrected chi connectivity index (χ0v) is 12.6. The molecule has 1 aromatic heterocycles. The quantitative estimate of drug-likeness (QED) is 0.884. The molecule has 1 unspecified atom stereocenters. The summed E-state index contributed by atoms with van der Waals surface area (Å²) >= 11 is 4.82. The van der Waals surface area contributed by atoms with Gasteiger partial charge in [-0.2, -0.15) is 0 Å². The Balaban J connectivity index is 2.33. The van der Waals surface area contributed by atoms with Crippen molar-refractivity contribution in [2.75, 3.05) is 0 Å². The summed E-state index contributed by atoms with van der Waals surface area (Å²) in [5.74, 6) is -0.285. The van der Waals surface area contributed by atoms with Crippen molar-refractivity contribution in [1.29, 1.82) is 0 Å². The molecular weight excluding hydrogens is 315 g/mol. The summed E-state index contributed by atoms with van der Waals surface area (Å²) in [6, 6.07) is 6.75. The summed E-state index contributed by atoms with van der Waals surface area (Å²) in [5, 5.41) is 12.5. The van der Waals surface area contributed by atoms with Gasteiger partial charge in [-0.05, 0) is 54.6 Å². The van der Waals surface area contributed by atoms with Crippen molar-refractivity contribution in [3.05, 3.63) is 55.9 Å². The molecule has 0 amide bonds. The van der Waals surface area contributed by atoms with E-state index in [0.29, 0.717) is 5.56 Å². The van der Waals surface area contributed by atoms with Crippen LogP contribution < -0.4 is 0 Å². The first kappa shape index (κ1) is 13.7. The Morgan fingerprint density at radius 3 is 2.72 bits per heavy atom. The first-order valence-corrected chi connectivity index (χ1v) is 7.28. The predicted molar refractivity (Wildman–Crippen MR) is 76.4 cm³/mol. The zero-order chi connectivity index (χ0) is 13.3. The van der Waals surface area contributed by atoms with E-state index in [9.17, 15) is 9.50 Å². The van der Waals surface area contributed by atoms with Gasteiger partial charge in [-0.1, -0.05) is 15.9 Å². The van der Waals surface area contributed by atoms with Gasteiger partial charge < -0.3 is 5.11 Å². The minimum atomic E-state index is -1.04. The number of rotatable bonds is 3. The molecule has 2 aromatic rings. The lowest BCUT2D eigenvalue weighted by Crippen LogP contribution is -2.24. The first-order chi connectivity index (χ1) is 8.40. The van der Waals surface area contributed by atoms with Crippen LogP contribution in [-0.2, 0) is 12.0 Å². The number of hydrogen-bond acceptors (Lipinski definition) is 2. The Kier molecular flexibility index (Phi) is 3.90. The molecule has 0 radical (unpaired) electrons. The molecule has 4 heteroatoms. The van der Waals surface area contributed by atoms with Crippen molar-refractivity contribution in [1.82, 2.24) is 0 Å². The molecule has 0 spiro atoms. The van der Waals surface area contributed by atoms with Gasteiger partial charge in [0.15, 0.2) is 0 Å². The molecule has 0 bridgehead atoms. The third kappa shape index (κ3) is 2.82. The molecule has 0 fully saturated rings. The fraction of sp³-hybridized carbons (Fsp3) is 0.286. The molecule has 0 saturated heterocycles. The van der Waals surface area contributed by atoms with Crippen LogP contribution in [-0.4, -0.2) is 5.11 Å². The van der Waals surface area contributed by atoms with Gasteiger partial charge in [0.05, 0.1) is 0 Å². The van der Waals surface area contributed by atoms with E-state index in [-0.39, 0.29) is 12.2 Å². The van der Waals surface area contributed by atoms with Crippen molar-refractivity contribution >= 4 is 27.3 Å². The average molecular weight is 329 g/mol. The highest BCUT2D eigenvalue weighted by Gasteiger charge is 2.27. The van der Waals surface area contributed by atoms with Crippen molar-refractivity contribution < 1.29 is 9.50 Å². The lowest BCUT2D eigenvalue weighted by molar-refractivity contribution is 0.0599. The predicted octanol–water partition coefficient (Wildman–Crippen LogP) is 4.41. The van der Waals surface area contributed by atoms with Gasteiger partial charge in [-0.15, -0.1) is 11.3 Å². The minimum absolute atomic E-state index is 0.264. The number of aryl methyl sites for hydroxylation is 1. The Morgan fingerprint density at radius 2 is 2.11 bits per heavy atom. The van der Waals surface area contributed by atoms with Crippen LogP contribution in [0.25, 0.3) is 0 Å². The fourth-order valence-corrected chi connectivity index (χ4v) is 3.45. The summed E-state index contributed by atoms with van der Waals surface area (Å²) < 4.78 is 14.5. The van der Waals surface area contributed by atoms with Crippen LogP contribution in [0.3, 0.4) is 0 Å². The van der Waals surface area contributed by atoms with Gasteiger partial charge in [-0.3, -0.25) is 0 Å². The number of hydrogen-bond donors (Lipinski definition) is 1. The molecule has 0 aliphatic heterocycles. The van der Waals surface area contributed by atoms with E-state index in [1.807, 2.05) is 18.4 Å². The molecule has 0 aliphatic carbocycles. The first-order valence-electron chi connectivity index (χ1n) is 5.61. The van der Waals surface area contributed by atoms with Gasteiger partial charge >= 0.3 is 0 Å². The third-order valence-electron chi connectivity index (χ3n) is 2.89. The molecule has 18 heavy (non-hydrogen) atoms. The van der Waals surface area contributed by atoms with Gasteiger partial charge in [0.1, 0.15) is 11.4 Å². The Morgan fingerprint density at radius 1 is 1.39 bits per heavy atom. The van der Waals surface area contributed by atoms with E-state index >= 15 is 0 Å². The lowest BCUT2D eigenvalue weighted by atomic mass is 9.93. The maximum absolute atomic E-state index is 13.7. The summed E-state index contributed by atoms with van der Waals surface area (Å²) in [6.45, 7) is 3.68. The summed E-state index contributed by atoms with van der Waals surface area (Å²) in [4.78, 5) is 0.891. The molecule has 0 aliphatic rings. The normalized spacial score (nSPS) is 14.5. The highest BCUT2D eigenvalue weighted by Crippen LogP contribution is 2.33. The van der Waals surface area contributed by atoms with Gasteiger partial charge in [0.2, 0.25) is 0 Å². The molecule has 1 aromatic carbocycles. The number of benzene rings is 1. The third-order valence-corrected chi connectivity index (χ3v) is 4.66. The maximum Gasteiger partial charge on any atom is 0.126 e. The van der Waals surface area contributed by atoms with E-state index in [2.05, 4.69) is 15.9 Å². The monoisotopic (exact) mass is 328 g/mol. The van der Waals surface area contributed by atoms with E-state index < -0.39 is 5.60 Å².